The second kappa shape index (κ2) is 7.15. The summed E-state index contributed by atoms with van der Waals surface area (Å²) in [6, 6.07) is 14.9. The highest BCUT2D eigenvalue weighted by Crippen LogP contribution is 2.45. The molecule has 5 rings (SSSR count). The molecule has 1 saturated heterocycles. The minimum absolute atomic E-state index is 0.165. The monoisotopic (exact) mass is 407 g/mol. The number of para-hydroxylation sites is 1. The summed E-state index contributed by atoms with van der Waals surface area (Å²) < 4.78 is 34.7. The highest BCUT2D eigenvalue weighted by molar-refractivity contribution is 7.92. The van der Waals surface area contributed by atoms with Crippen molar-refractivity contribution in [3.8, 4) is 0 Å². The molecule has 29 heavy (non-hydrogen) atoms. The van der Waals surface area contributed by atoms with E-state index in [-0.39, 0.29) is 12.0 Å². The maximum Gasteiger partial charge on any atom is 0.264 e. The third-order valence-electron chi connectivity index (χ3n) is 6.31. The van der Waals surface area contributed by atoms with E-state index >= 15 is 0 Å². The van der Waals surface area contributed by atoms with Gasteiger partial charge >= 0.3 is 0 Å². The third-order valence-corrected chi connectivity index (χ3v) is 8.13. The summed E-state index contributed by atoms with van der Waals surface area (Å²) >= 11 is 0. The Morgan fingerprint density at radius 3 is 2.48 bits per heavy atom. The number of nitrogens with zero attached hydrogens (tertiary/aromatic N) is 1. The first-order valence-electron chi connectivity index (χ1n) is 10.2. The summed E-state index contributed by atoms with van der Waals surface area (Å²) in [6.07, 6.45) is 7.00. The molecule has 2 atom stereocenters. The quantitative estimate of drug-likeness (QED) is 0.741. The molecule has 0 N–H and O–H groups in total. The third kappa shape index (κ3) is 3.13. The standard InChI is InChI=1S/C24H25NO3S/c1-17-6-8-20(9-7-17)29(26,27)25-23-5-3-2-4-19(23)16-22-21(10-11-24(22)25)18-12-14-28-15-13-18/h2-11,22,24H,12-16H2,1H3/t22-,24+/m0/s1. The largest absolute Gasteiger partial charge is 0.381 e. The van der Waals surface area contributed by atoms with Crippen molar-refractivity contribution in [1.29, 1.82) is 0 Å². The molecular weight excluding hydrogens is 382 g/mol. The average molecular weight is 408 g/mol. The Balaban J connectivity index is 1.63. The molecule has 0 saturated carbocycles. The number of rotatable bonds is 2. The SMILES string of the molecule is Cc1ccc(S(=O)(=O)N2c3ccccc3C[C@H]3C(=C4CCOCC4)C=C[C@H]32)cc1. The van der Waals surface area contributed by atoms with Crippen LogP contribution in [0, 0.1) is 12.8 Å². The van der Waals surface area contributed by atoms with Crippen molar-refractivity contribution in [2.24, 2.45) is 5.92 Å². The van der Waals surface area contributed by atoms with Crippen LogP contribution in [0.4, 0.5) is 5.69 Å². The summed E-state index contributed by atoms with van der Waals surface area (Å²) in [5.41, 5.74) is 5.69. The molecular formula is C24H25NO3S. The molecule has 1 aliphatic carbocycles. The Labute approximate surface area is 172 Å². The lowest BCUT2D eigenvalue weighted by molar-refractivity contribution is 0.118. The van der Waals surface area contributed by atoms with Crippen LogP contribution in [0.3, 0.4) is 0 Å². The van der Waals surface area contributed by atoms with Crippen LogP contribution in [0.1, 0.15) is 24.0 Å². The molecule has 2 aromatic rings. The second-order valence-electron chi connectivity index (χ2n) is 8.07. The van der Waals surface area contributed by atoms with Crippen molar-refractivity contribution in [3.05, 3.63) is 83.0 Å². The van der Waals surface area contributed by atoms with Gasteiger partial charge in [0.05, 0.1) is 29.8 Å². The number of hydrogen-bond acceptors (Lipinski definition) is 3. The molecule has 2 heterocycles. The van der Waals surface area contributed by atoms with Crippen molar-refractivity contribution in [1.82, 2.24) is 0 Å². The van der Waals surface area contributed by atoms with E-state index in [9.17, 15) is 8.42 Å². The average Bonchev–Trinajstić information content (AvgIpc) is 3.16. The van der Waals surface area contributed by atoms with E-state index in [4.69, 9.17) is 4.74 Å². The molecule has 0 radical (unpaired) electrons. The number of benzene rings is 2. The minimum atomic E-state index is -3.67. The van der Waals surface area contributed by atoms with E-state index in [1.807, 2.05) is 37.3 Å². The number of allylic oxidation sites excluding steroid dienone is 1. The fraction of sp³-hybridized carbons (Fsp3) is 0.333. The lowest BCUT2D eigenvalue weighted by Gasteiger charge is -2.40. The van der Waals surface area contributed by atoms with Gasteiger partial charge in [0.2, 0.25) is 0 Å². The van der Waals surface area contributed by atoms with E-state index in [1.54, 1.807) is 16.4 Å². The van der Waals surface area contributed by atoms with Gasteiger partial charge in [0.15, 0.2) is 0 Å². The molecule has 150 valence electrons. The van der Waals surface area contributed by atoms with Crippen molar-refractivity contribution in [2.45, 2.75) is 37.1 Å². The first-order valence-corrected chi connectivity index (χ1v) is 11.7. The lowest BCUT2D eigenvalue weighted by atomic mass is 9.83. The molecule has 0 bridgehead atoms. The molecule has 0 spiro atoms. The molecule has 0 aromatic heterocycles. The van der Waals surface area contributed by atoms with E-state index in [0.29, 0.717) is 4.90 Å². The van der Waals surface area contributed by atoms with Gasteiger partial charge in [0.1, 0.15) is 0 Å². The van der Waals surface area contributed by atoms with Gasteiger partial charge < -0.3 is 4.74 Å². The number of anilines is 1. The molecule has 2 aliphatic heterocycles. The first kappa shape index (κ1) is 18.6. The molecule has 5 heteroatoms. The van der Waals surface area contributed by atoms with Crippen molar-refractivity contribution in [2.75, 3.05) is 17.5 Å². The van der Waals surface area contributed by atoms with Gasteiger partial charge in [-0.25, -0.2) is 8.42 Å². The Morgan fingerprint density at radius 2 is 1.72 bits per heavy atom. The van der Waals surface area contributed by atoms with E-state index < -0.39 is 10.0 Å². The maximum atomic E-state index is 13.7. The van der Waals surface area contributed by atoms with Crippen molar-refractivity contribution in [3.63, 3.8) is 0 Å². The van der Waals surface area contributed by atoms with E-state index in [2.05, 4.69) is 18.2 Å². The normalized spacial score (nSPS) is 23.8. The molecule has 0 unspecified atom stereocenters. The predicted molar refractivity (Wildman–Crippen MR) is 114 cm³/mol. The van der Waals surface area contributed by atoms with Crippen molar-refractivity contribution >= 4 is 15.7 Å². The maximum absolute atomic E-state index is 13.7. The molecule has 4 nitrogen and oxygen atoms in total. The van der Waals surface area contributed by atoms with Crippen LogP contribution < -0.4 is 4.31 Å². The number of hydrogen-bond donors (Lipinski definition) is 0. The summed E-state index contributed by atoms with van der Waals surface area (Å²) in [6.45, 7) is 3.48. The highest BCUT2D eigenvalue weighted by atomic mass is 32.2. The highest BCUT2D eigenvalue weighted by Gasteiger charge is 2.43. The van der Waals surface area contributed by atoms with Crippen LogP contribution in [0.25, 0.3) is 0 Å². The molecule has 0 amide bonds. The number of aryl methyl sites for hydroxylation is 1. The van der Waals surface area contributed by atoms with E-state index in [1.165, 1.54) is 11.1 Å². The van der Waals surface area contributed by atoms with Crippen LogP contribution >= 0.6 is 0 Å². The van der Waals surface area contributed by atoms with E-state index in [0.717, 1.165) is 49.3 Å². The zero-order valence-corrected chi connectivity index (χ0v) is 17.4. The molecule has 1 fully saturated rings. The Hall–Kier alpha value is -2.37. The molecule has 2 aromatic carbocycles. The number of fused-ring (bicyclic) bond motifs is 2. The second-order valence-corrected chi connectivity index (χ2v) is 9.89. The fourth-order valence-corrected chi connectivity index (χ4v) is 6.49. The topological polar surface area (TPSA) is 46.6 Å². The fourth-order valence-electron chi connectivity index (χ4n) is 4.81. The van der Waals surface area contributed by atoms with Gasteiger partial charge in [-0.1, -0.05) is 53.6 Å². The molecule has 3 aliphatic rings. The Bertz CT molecular complexity index is 1090. The summed E-state index contributed by atoms with van der Waals surface area (Å²) in [7, 11) is -3.67. The van der Waals surface area contributed by atoms with Gasteiger partial charge in [-0.05, 0) is 55.5 Å². The zero-order chi connectivity index (χ0) is 20.0. The summed E-state index contributed by atoms with van der Waals surface area (Å²) in [4.78, 5) is 0.346. The van der Waals surface area contributed by atoms with Gasteiger partial charge in [-0.15, -0.1) is 0 Å². The van der Waals surface area contributed by atoms with Crippen LogP contribution in [-0.4, -0.2) is 27.7 Å². The van der Waals surface area contributed by atoms with Gasteiger partial charge in [-0.2, -0.15) is 0 Å². The van der Waals surface area contributed by atoms with Crippen LogP contribution in [0.2, 0.25) is 0 Å². The number of sulfonamides is 1. The Kier molecular flexibility index (Phi) is 4.60. The van der Waals surface area contributed by atoms with Gasteiger partial charge in [-0.3, -0.25) is 4.31 Å². The van der Waals surface area contributed by atoms with Gasteiger partial charge in [0, 0.05) is 5.92 Å². The number of ether oxygens (including phenoxy) is 1. The smallest absolute Gasteiger partial charge is 0.264 e. The van der Waals surface area contributed by atoms with Crippen LogP contribution in [0.5, 0.6) is 0 Å². The van der Waals surface area contributed by atoms with Crippen LogP contribution in [-0.2, 0) is 21.2 Å². The summed E-state index contributed by atoms with van der Waals surface area (Å²) in [5.74, 6) is 0.165. The van der Waals surface area contributed by atoms with Crippen molar-refractivity contribution < 1.29 is 13.2 Å². The lowest BCUT2D eigenvalue weighted by Crippen LogP contribution is -2.46. The Morgan fingerprint density at radius 1 is 1.00 bits per heavy atom. The van der Waals surface area contributed by atoms with Crippen LogP contribution in [0.15, 0.2) is 76.7 Å². The zero-order valence-electron chi connectivity index (χ0n) is 16.5. The van der Waals surface area contributed by atoms with Gasteiger partial charge in [0.25, 0.3) is 10.0 Å². The summed E-state index contributed by atoms with van der Waals surface area (Å²) in [5, 5.41) is 0. The minimum Gasteiger partial charge on any atom is -0.381 e. The predicted octanol–water partition coefficient (Wildman–Crippen LogP) is 4.41. The first-order chi connectivity index (χ1) is 14.1.